The Morgan fingerprint density at radius 1 is 1.33 bits per heavy atom. The highest BCUT2D eigenvalue weighted by Crippen LogP contribution is 2.25. The summed E-state index contributed by atoms with van der Waals surface area (Å²) in [5.74, 6) is 0.0714. The maximum atomic E-state index is 12.6. The monoisotopic (exact) mass is 266 g/mol. The number of pyridine rings is 1. The van der Waals surface area contributed by atoms with Crippen molar-refractivity contribution in [2.75, 3.05) is 0 Å². The highest BCUT2D eigenvalue weighted by atomic mass is 35.5. The molecule has 0 N–H and O–H groups in total. The first kappa shape index (κ1) is 13.3. The third kappa shape index (κ3) is 2.66. The summed E-state index contributed by atoms with van der Waals surface area (Å²) in [5.41, 5.74) is 1.43. The Morgan fingerprint density at radius 3 is 2.50 bits per heavy atom. The lowest BCUT2D eigenvalue weighted by Gasteiger charge is -2.39. The van der Waals surface area contributed by atoms with Gasteiger partial charge in [-0.05, 0) is 52.2 Å². The molecular formula is C14H19ClN2O. The van der Waals surface area contributed by atoms with Crippen LogP contribution >= 0.6 is 11.6 Å². The summed E-state index contributed by atoms with van der Waals surface area (Å²) in [6, 6.07) is 4.06. The minimum atomic E-state index is 0.0714. The molecule has 3 nitrogen and oxygen atoms in total. The highest BCUT2D eigenvalue weighted by Gasteiger charge is 2.29. The molecule has 0 bridgehead atoms. The van der Waals surface area contributed by atoms with E-state index in [-0.39, 0.29) is 5.91 Å². The minimum Gasteiger partial charge on any atom is -0.333 e. The number of likely N-dealkylation sites (tertiary alicyclic amines) is 1. The van der Waals surface area contributed by atoms with Crippen molar-refractivity contribution in [3.8, 4) is 0 Å². The van der Waals surface area contributed by atoms with Gasteiger partial charge in [-0.1, -0.05) is 11.6 Å². The average molecular weight is 267 g/mol. The number of hydrogen-bond acceptors (Lipinski definition) is 2. The van der Waals surface area contributed by atoms with Gasteiger partial charge in [-0.25, -0.2) is 4.98 Å². The first-order valence-electron chi connectivity index (χ1n) is 6.46. The fourth-order valence-corrected chi connectivity index (χ4v) is 2.97. The van der Waals surface area contributed by atoms with Gasteiger partial charge in [-0.15, -0.1) is 0 Å². The number of hydrogen-bond donors (Lipinski definition) is 0. The maximum Gasteiger partial charge on any atom is 0.254 e. The molecule has 1 amide bonds. The molecule has 2 atom stereocenters. The Labute approximate surface area is 113 Å². The zero-order valence-electron chi connectivity index (χ0n) is 11.1. The third-order valence-corrected chi connectivity index (χ3v) is 3.79. The van der Waals surface area contributed by atoms with Crippen molar-refractivity contribution >= 4 is 17.5 Å². The van der Waals surface area contributed by atoms with Gasteiger partial charge in [-0.3, -0.25) is 4.79 Å². The van der Waals surface area contributed by atoms with E-state index in [9.17, 15) is 4.79 Å². The average Bonchev–Trinajstić information content (AvgIpc) is 2.27. The van der Waals surface area contributed by atoms with Crippen molar-refractivity contribution in [3.63, 3.8) is 0 Å². The minimum absolute atomic E-state index is 0.0714. The molecule has 1 aromatic heterocycles. The Bertz CT molecular complexity index is 431. The van der Waals surface area contributed by atoms with Gasteiger partial charge in [0.15, 0.2) is 0 Å². The number of rotatable bonds is 1. The fraction of sp³-hybridized carbons (Fsp3) is 0.571. The number of halogens is 1. The van der Waals surface area contributed by atoms with Crippen LogP contribution < -0.4 is 0 Å². The molecule has 1 aliphatic rings. The lowest BCUT2D eigenvalue weighted by Crippen LogP contribution is -2.47. The Kier molecular flexibility index (Phi) is 3.91. The van der Waals surface area contributed by atoms with E-state index >= 15 is 0 Å². The molecular weight excluding hydrogens is 248 g/mol. The van der Waals surface area contributed by atoms with Crippen LogP contribution in [0.4, 0.5) is 0 Å². The Morgan fingerprint density at radius 2 is 1.94 bits per heavy atom. The first-order valence-corrected chi connectivity index (χ1v) is 6.83. The summed E-state index contributed by atoms with van der Waals surface area (Å²) in [5, 5.41) is 0.385. The van der Waals surface area contributed by atoms with Crippen LogP contribution in [0.2, 0.25) is 5.15 Å². The summed E-state index contributed by atoms with van der Waals surface area (Å²) < 4.78 is 0. The molecule has 0 spiro atoms. The normalized spacial score (nSPS) is 24.1. The van der Waals surface area contributed by atoms with Gasteiger partial charge < -0.3 is 4.90 Å². The quantitative estimate of drug-likeness (QED) is 0.730. The molecule has 1 aromatic rings. The predicted octanol–water partition coefficient (Wildman–Crippen LogP) is 3.45. The largest absolute Gasteiger partial charge is 0.333 e. The summed E-state index contributed by atoms with van der Waals surface area (Å²) in [4.78, 5) is 18.6. The fourth-order valence-electron chi connectivity index (χ4n) is 2.72. The van der Waals surface area contributed by atoms with Crippen LogP contribution in [0.5, 0.6) is 0 Å². The van der Waals surface area contributed by atoms with Crippen LogP contribution in [0.3, 0.4) is 0 Å². The van der Waals surface area contributed by atoms with Crippen LogP contribution in [0.25, 0.3) is 0 Å². The van der Waals surface area contributed by atoms with Gasteiger partial charge in [0.1, 0.15) is 5.15 Å². The molecule has 0 saturated carbocycles. The summed E-state index contributed by atoms with van der Waals surface area (Å²) in [6.45, 7) is 6.08. The van der Waals surface area contributed by atoms with Gasteiger partial charge in [0.25, 0.3) is 5.91 Å². The van der Waals surface area contributed by atoms with Crippen molar-refractivity contribution in [1.29, 1.82) is 0 Å². The Hall–Kier alpha value is -1.09. The highest BCUT2D eigenvalue weighted by molar-refractivity contribution is 6.29. The second kappa shape index (κ2) is 5.27. The second-order valence-corrected chi connectivity index (χ2v) is 5.55. The molecule has 0 aliphatic carbocycles. The maximum absolute atomic E-state index is 12.6. The molecule has 0 unspecified atom stereocenters. The number of nitrogens with zero attached hydrogens (tertiary/aromatic N) is 2. The number of piperidine rings is 1. The lowest BCUT2D eigenvalue weighted by atomic mass is 9.96. The predicted molar refractivity (Wildman–Crippen MR) is 72.9 cm³/mol. The van der Waals surface area contributed by atoms with Crippen LogP contribution in [0.15, 0.2) is 12.1 Å². The van der Waals surface area contributed by atoms with Gasteiger partial charge in [0.05, 0.1) is 0 Å². The topological polar surface area (TPSA) is 33.2 Å². The molecule has 1 saturated heterocycles. The molecule has 2 rings (SSSR count). The molecule has 98 valence electrons. The van der Waals surface area contributed by atoms with Gasteiger partial charge in [-0.2, -0.15) is 0 Å². The van der Waals surface area contributed by atoms with Crippen molar-refractivity contribution < 1.29 is 4.79 Å². The van der Waals surface area contributed by atoms with Crippen LogP contribution in [0.1, 0.15) is 49.2 Å². The van der Waals surface area contributed by atoms with Gasteiger partial charge in [0, 0.05) is 23.3 Å². The number of carbonyl (C=O) groups excluding carboxylic acids is 1. The summed E-state index contributed by atoms with van der Waals surface area (Å²) >= 11 is 5.92. The molecule has 1 fully saturated rings. The van der Waals surface area contributed by atoms with Crippen molar-refractivity contribution in [2.45, 2.75) is 52.1 Å². The van der Waals surface area contributed by atoms with E-state index < -0.39 is 0 Å². The molecule has 2 heterocycles. The number of aromatic nitrogens is 1. The molecule has 0 aromatic carbocycles. The lowest BCUT2D eigenvalue weighted by molar-refractivity contribution is 0.0510. The van der Waals surface area contributed by atoms with Crippen LogP contribution in [-0.4, -0.2) is 27.9 Å². The smallest absolute Gasteiger partial charge is 0.254 e. The molecule has 18 heavy (non-hydrogen) atoms. The SMILES string of the molecule is Cc1cc(C(=O)N2[C@H](C)CCC[C@@H]2C)cc(Cl)n1. The third-order valence-electron chi connectivity index (χ3n) is 3.60. The standard InChI is InChI=1S/C14H19ClN2O/c1-9-7-12(8-13(15)16-9)14(18)17-10(2)5-4-6-11(17)3/h7-8,10-11H,4-6H2,1-3H3/t10-,11+. The number of aryl methyl sites for hydroxylation is 1. The van der Waals surface area contributed by atoms with Crippen LogP contribution in [-0.2, 0) is 0 Å². The van der Waals surface area contributed by atoms with Gasteiger partial charge in [0.2, 0.25) is 0 Å². The Balaban J connectivity index is 2.29. The van der Waals surface area contributed by atoms with E-state index in [2.05, 4.69) is 18.8 Å². The van der Waals surface area contributed by atoms with Gasteiger partial charge >= 0.3 is 0 Å². The summed E-state index contributed by atoms with van der Waals surface area (Å²) in [7, 11) is 0. The summed E-state index contributed by atoms with van der Waals surface area (Å²) in [6.07, 6.45) is 3.35. The van der Waals surface area contributed by atoms with E-state index in [4.69, 9.17) is 11.6 Å². The van der Waals surface area contributed by atoms with E-state index in [1.807, 2.05) is 17.9 Å². The molecule has 1 aliphatic heterocycles. The van der Waals surface area contributed by atoms with E-state index in [1.54, 1.807) is 6.07 Å². The van der Waals surface area contributed by atoms with Crippen molar-refractivity contribution in [2.24, 2.45) is 0 Å². The second-order valence-electron chi connectivity index (χ2n) is 5.16. The number of amides is 1. The van der Waals surface area contributed by atoms with Crippen molar-refractivity contribution in [1.82, 2.24) is 9.88 Å². The van der Waals surface area contributed by atoms with Crippen LogP contribution in [0, 0.1) is 6.92 Å². The number of carbonyl (C=O) groups is 1. The molecule has 4 heteroatoms. The first-order chi connectivity index (χ1) is 8.49. The molecule has 0 radical (unpaired) electrons. The zero-order valence-corrected chi connectivity index (χ0v) is 11.9. The van der Waals surface area contributed by atoms with Crippen molar-refractivity contribution in [3.05, 3.63) is 28.5 Å². The van der Waals surface area contributed by atoms with E-state index in [0.29, 0.717) is 22.8 Å². The van der Waals surface area contributed by atoms with E-state index in [1.165, 1.54) is 6.42 Å². The zero-order chi connectivity index (χ0) is 13.3. The van der Waals surface area contributed by atoms with E-state index in [0.717, 1.165) is 18.5 Å².